The van der Waals surface area contributed by atoms with Crippen LogP contribution in [0.25, 0.3) is 11.3 Å². The lowest BCUT2D eigenvalue weighted by Crippen LogP contribution is -2.60. The molecule has 1 unspecified atom stereocenters. The molecule has 0 fully saturated rings. The van der Waals surface area contributed by atoms with Crippen molar-refractivity contribution >= 4 is 39.3 Å². The van der Waals surface area contributed by atoms with Gasteiger partial charge >= 0.3 is 11.3 Å². The lowest BCUT2D eigenvalue weighted by atomic mass is 10.0. The number of aromatic nitrogens is 3. The average molecular weight is 458 g/mol. The van der Waals surface area contributed by atoms with Crippen LogP contribution >= 0.6 is 27.7 Å². The normalized spacial score (nSPS) is 15.1. The smallest absolute Gasteiger partial charge is 0.291 e. The number of rotatable bonds is 3. The highest BCUT2D eigenvalue weighted by atomic mass is 79.9. The largest absolute Gasteiger partial charge is 0.325 e. The van der Waals surface area contributed by atoms with Crippen molar-refractivity contribution in [3.05, 3.63) is 68.9 Å². The van der Waals surface area contributed by atoms with Gasteiger partial charge in [0.2, 0.25) is 11.1 Å². The van der Waals surface area contributed by atoms with E-state index in [9.17, 15) is 9.59 Å². The number of hydrogen-bond acceptors (Lipinski definition) is 4. The summed E-state index contributed by atoms with van der Waals surface area (Å²) >= 11 is 4.86. The van der Waals surface area contributed by atoms with Gasteiger partial charge in [-0.2, -0.15) is 0 Å². The summed E-state index contributed by atoms with van der Waals surface area (Å²) in [7, 11) is 0. The van der Waals surface area contributed by atoms with Crippen molar-refractivity contribution in [2.24, 2.45) is 0 Å². The third-order valence-corrected chi connectivity index (χ3v) is 5.73. The minimum atomic E-state index is -0.553. The van der Waals surface area contributed by atoms with Crippen LogP contribution in [0.3, 0.4) is 0 Å². The molecule has 1 aromatic heterocycles. The summed E-state index contributed by atoms with van der Waals surface area (Å²) in [6.07, 6.45) is 1.64. The lowest BCUT2D eigenvalue weighted by Gasteiger charge is -2.32. The highest BCUT2D eigenvalue weighted by Gasteiger charge is 2.45. The number of para-hydroxylation sites is 1. The van der Waals surface area contributed by atoms with Crippen LogP contribution in [0.15, 0.2) is 63.0 Å². The van der Waals surface area contributed by atoms with Gasteiger partial charge in [-0.25, -0.2) is 4.90 Å². The molecule has 2 heterocycles. The number of H-pyrrole nitrogens is 1. The maximum Gasteiger partial charge on any atom is 0.325 e. The maximum absolute atomic E-state index is 13.0. The molecule has 6 nitrogen and oxygen atoms in total. The number of fused-ring (bicyclic) bond motifs is 3. The van der Waals surface area contributed by atoms with Crippen LogP contribution in [-0.4, -0.2) is 22.2 Å². The van der Waals surface area contributed by atoms with Crippen LogP contribution in [0.2, 0.25) is 0 Å². The fourth-order valence-electron chi connectivity index (χ4n) is 3.47. The topological polar surface area (TPSA) is 69.9 Å². The Morgan fingerprint density at radius 1 is 1.29 bits per heavy atom. The van der Waals surface area contributed by atoms with Crippen LogP contribution in [-0.2, 0) is 4.79 Å². The predicted molar refractivity (Wildman–Crippen MR) is 112 cm³/mol. The standard InChI is InChI=1S/C20H17BrN4O2S/c1-3-16(26)24-15-10-5-4-9-14(15)17-18(27)22-20(28-2)23-25(17)19(24)12-7-6-8-13(21)11-12/h4-11,19H,3H2,1-2H3/p+1. The number of carbonyl (C=O) groups is 1. The van der Waals surface area contributed by atoms with Crippen molar-refractivity contribution in [3.63, 3.8) is 0 Å². The van der Waals surface area contributed by atoms with Gasteiger partial charge in [0, 0.05) is 21.6 Å². The van der Waals surface area contributed by atoms with Crippen molar-refractivity contribution in [2.75, 3.05) is 11.2 Å². The summed E-state index contributed by atoms with van der Waals surface area (Å²) in [5, 5.41) is 5.16. The number of aromatic amines is 1. The zero-order chi connectivity index (χ0) is 19.8. The van der Waals surface area contributed by atoms with Gasteiger partial charge in [0.1, 0.15) is 0 Å². The molecule has 1 amide bonds. The summed E-state index contributed by atoms with van der Waals surface area (Å²) < 4.78 is 2.56. The van der Waals surface area contributed by atoms with Crippen molar-refractivity contribution in [1.29, 1.82) is 0 Å². The van der Waals surface area contributed by atoms with Crippen LogP contribution in [0, 0.1) is 0 Å². The molecule has 1 N–H and O–H groups in total. The number of nitrogens with zero attached hydrogens (tertiary/aromatic N) is 3. The molecule has 0 aliphatic carbocycles. The van der Waals surface area contributed by atoms with E-state index >= 15 is 0 Å². The summed E-state index contributed by atoms with van der Waals surface area (Å²) in [6, 6.07) is 15.2. The van der Waals surface area contributed by atoms with E-state index in [2.05, 4.69) is 26.0 Å². The number of anilines is 1. The number of nitrogens with one attached hydrogen (secondary N) is 1. The highest BCUT2D eigenvalue weighted by Crippen LogP contribution is 2.37. The van der Waals surface area contributed by atoms with Gasteiger partial charge < -0.3 is 0 Å². The van der Waals surface area contributed by atoms with E-state index in [1.807, 2.05) is 61.7 Å². The van der Waals surface area contributed by atoms with Crippen molar-refractivity contribution < 1.29 is 9.48 Å². The first-order valence-electron chi connectivity index (χ1n) is 8.82. The number of amides is 1. The number of thioether (sulfide) groups is 1. The van der Waals surface area contributed by atoms with Gasteiger partial charge in [-0.3, -0.25) is 14.6 Å². The third kappa shape index (κ3) is 3.06. The molecule has 1 atom stereocenters. The van der Waals surface area contributed by atoms with Crippen LogP contribution in [0.4, 0.5) is 5.69 Å². The molecule has 0 spiro atoms. The van der Waals surface area contributed by atoms with E-state index < -0.39 is 6.17 Å². The van der Waals surface area contributed by atoms with Crippen LogP contribution in [0.1, 0.15) is 25.1 Å². The Morgan fingerprint density at radius 2 is 2.07 bits per heavy atom. The number of benzene rings is 2. The molecule has 0 saturated heterocycles. The summed E-state index contributed by atoms with van der Waals surface area (Å²) in [5.41, 5.74) is 2.48. The van der Waals surface area contributed by atoms with Crippen LogP contribution < -0.4 is 15.1 Å². The second-order valence-electron chi connectivity index (χ2n) is 6.32. The average Bonchev–Trinajstić information content (AvgIpc) is 2.71. The Kier molecular flexibility index (Phi) is 5.07. The molecule has 4 rings (SSSR count). The van der Waals surface area contributed by atoms with E-state index in [1.165, 1.54) is 11.8 Å². The Bertz CT molecular complexity index is 1130. The minimum absolute atomic E-state index is 0.0386. The fraction of sp³-hybridized carbons (Fsp3) is 0.200. The lowest BCUT2D eigenvalue weighted by molar-refractivity contribution is -0.763. The number of hydrogen-bond donors (Lipinski definition) is 1. The van der Waals surface area contributed by atoms with E-state index in [-0.39, 0.29) is 11.5 Å². The van der Waals surface area contributed by atoms with E-state index in [0.29, 0.717) is 28.5 Å². The van der Waals surface area contributed by atoms with Gasteiger partial charge in [0.15, 0.2) is 0 Å². The van der Waals surface area contributed by atoms with Crippen molar-refractivity contribution in [3.8, 4) is 11.3 Å². The molecule has 142 valence electrons. The van der Waals surface area contributed by atoms with Gasteiger partial charge in [-0.05, 0) is 35.2 Å². The highest BCUT2D eigenvalue weighted by molar-refractivity contribution is 9.10. The van der Waals surface area contributed by atoms with E-state index in [1.54, 1.807) is 9.58 Å². The molecule has 0 bridgehead atoms. The molecule has 2 aromatic carbocycles. The fourth-order valence-corrected chi connectivity index (χ4v) is 4.25. The quantitative estimate of drug-likeness (QED) is 0.482. The third-order valence-electron chi connectivity index (χ3n) is 4.67. The van der Waals surface area contributed by atoms with Gasteiger partial charge in [0.05, 0.1) is 11.3 Å². The predicted octanol–water partition coefficient (Wildman–Crippen LogP) is 3.51. The van der Waals surface area contributed by atoms with E-state index in [0.717, 1.165) is 10.0 Å². The number of halogens is 1. The zero-order valence-corrected chi connectivity index (χ0v) is 17.8. The van der Waals surface area contributed by atoms with Crippen LogP contribution in [0.5, 0.6) is 0 Å². The molecule has 8 heteroatoms. The Morgan fingerprint density at radius 3 is 2.79 bits per heavy atom. The maximum atomic E-state index is 13.0. The molecular formula is C20H18BrN4O2S+. The first-order chi connectivity index (χ1) is 13.5. The minimum Gasteiger partial charge on any atom is -0.291 e. The van der Waals surface area contributed by atoms with Gasteiger partial charge in [0.25, 0.3) is 6.17 Å². The second kappa shape index (κ2) is 7.52. The van der Waals surface area contributed by atoms with E-state index in [4.69, 9.17) is 0 Å². The first kappa shape index (κ1) is 18.9. The SMILES string of the molecule is CCC(=O)N1c2ccccc2-c2c(=O)[nH]c(SC)n[n+]2C1c1cccc(Br)c1. The van der Waals surface area contributed by atoms with Crippen molar-refractivity contribution in [2.45, 2.75) is 24.7 Å². The Balaban J connectivity index is 2.10. The summed E-state index contributed by atoms with van der Waals surface area (Å²) in [5.74, 6) is -0.0386. The molecule has 0 saturated carbocycles. The summed E-state index contributed by atoms with van der Waals surface area (Å²) in [6.45, 7) is 1.83. The zero-order valence-electron chi connectivity index (χ0n) is 15.3. The molecule has 1 aliphatic rings. The van der Waals surface area contributed by atoms with Crippen molar-refractivity contribution in [1.82, 2.24) is 10.1 Å². The molecule has 3 aromatic rings. The van der Waals surface area contributed by atoms with Gasteiger partial charge in [-0.1, -0.05) is 58.9 Å². The summed E-state index contributed by atoms with van der Waals surface area (Å²) in [4.78, 5) is 30.6. The Labute approximate surface area is 174 Å². The second-order valence-corrected chi connectivity index (χ2v) is 8.03. The molecule has 1 aliphatic heterocycles. The molecule has 28 heavy (non-hydrogen) atoms. The Hall–Kier alpha value is -2.45. The molecule has 0 radical (unpaired) electrons. The molecular weight excluding hydrogens is 440 g/mol. The number of carbonyl (C=O) groups excluding carboxylic acids is 1. The van der Waals surface area contributed by atoms with Gasteiger partial charge in [-0.15, -0.1) is 0 Å². The monoisotopic (exact) mass is 457 g/mol. The first-order valence-corrected chi connectivity index (χ1v) is 10.8.